The van der Waals surface area contributed by atoms with Crippen molar-refractivity contribution in [3.63, 3.8) is 0 Å². The SMILES string of the molecule is CCCCCCCCCNC(=O)C(=O)Nc1cccc2ccccc12. The monoisotopic (exact) mass is 340 g/mol. The van der Waals surface area contributed by atoms with Crippen molar-refractivity contribution < 1.29 is 9.59 Å². The summed E-state index contributed by atoms with van der Waals surface area (Å²) in [6.07, 6.45) is 8.29. The molecule has 0 heterocycles. The molecule has 2 N–H and O–H groups in total. The predicted octanol–water partition coefficient (Wildman–Crippen LogP) is 4.65. The first-order valence-electron chi connectivity index (χ1n) is 9.29. The summed E-state index contributed by atoms with van der Waals surface area (Å²) in [5.74, 6) is -1.18. The van der Waals surface area contributed by atoms with Gasteiger partial charge >= 0.3 is 11.8 Å². The van der Waals surface area contributed by atoms with Crippen LogP contribution in [0.15, 0.2) is 42.5 Å². The fourth-order valence-electron chi connectivity index (χ4n) is 2.88. The first-order valence-corrected chi connectivity index (χ1v) is 9.29. The van der Waals surface area contributed by atoms with Gasteiger partial charge in [0.2, 0.25) is 0 Å². The number of unbranched alkanes of at least 4 members (excludes halogenated alkanes) is 6. The van der Waals surface area contributed by atoms with E-state index in [-0.39, 0.29) is 0 Å². The van der Waals surface area contributed by atoms with Crippen LogP contribution in [-0.4, -0.2) is 18.4 Å². The van der Waals surface area contributed by atoms with Gasteiger partial charge in [-0.2, -0.15) is 0 Å². The predicted molar refractivity (Wildman–Crippen MR) is 104 cm³/mol. The van der Waals surface area contributed by atoms with Crippen molar-refractivity contribution in [1.29, 1.82) is 0 Å². The summed E-state index contributed by atoms with van der Waals surface area (Å²) >= 11 is 0. The van der Waals surface area contributed by atoms with E-state index in [0.29, 0.717) is 12.2 Å². The number of nitrogens with one attached hydrogen (secondary N) is 2. The Morgan fingerprint density at radius 1 is 0.800 bits per heavy atom. The van der Waals surface area contributed by atoms with Crippen LogP contribution in [-0.2, 0) is 9.59 Å². The van der Waals surface area contributed by atoms with Crippen molar-refractivity contribution in [2.45, 2.75) is 51.9 Å². The Kier molecular flexibility index (Phi) is 7.96. The number of hydrogen-bond acceptors (Lipinski definition) is 2. The standard InChI is InChI=1S/C21H28N2O2/c1-2-3-4-5-6-7-10-16-22-20(24)21(25)23-19-15-11-13-17-12-8-9-14-18(17)19/h8-9,11-15H,2-7,10,16H2,1H3,(H,22,24)(H,23,25). The highest BCUT2D eigenvalue weighted by molar-refractivity contribution is 6.40. The molecule has 0 spiro atoms. The first-order chi connectivity index (χ1) is 12.2. The van der Waals surface area contributed by atoms with Gasteiger partial charge in [-0.1, -0.05) is 81.8 Å². The normalized spacial score (nSPS) is 10.6. The van der Waals surface area contributed by atoms with Gasteiger partial charge in [-0.05, 0) is 17.9 Å². The molecule has 0 aliphatic heterocycles. The Balaban J connectivity index is 1.72. The topological polar surface area (TPSA) is 58.2 Å². The van der Waals surface area contributed by atoms with E-state index in [2.05, 4.69) is 17.6 Å². The van der Waals surface area contributed by atoms with Crippen LogP contribution < -0.4 is 10.6 Å². The molecule has 0 aliphatic rings. The molecular weight excluding hydrogens is 312 g/mol. The van der Waals surface area contributed by atoms with Gasteiger partial charge in [0.05, 0.1) is 0 Å². The summed E-state index contributed by atoms with van der Waals surface area (Å²) in [4.78, 5) is 24.0. The number of rotatable bonds is 9. The fraction of sp³-hybridized carbons (Fsp3) is 0.429. The number of carbonyl (C=O) groups is 2. The highest BCUT2D eigenvalue weighted by Gasteiger charge is 2.14. The van der Waals surface area contributed by atoms with Gasteiger partial charge in [-0.25, -0.2) is 0 Å². The van der Waals surface area contributed by atoms with E-state index in [0.717, 1.165) is 23.6 Å². The quantitative estimate of drug-likeness (QED) is 0.516. The molecule has 0 unspecified atom stereocenters. The van der Waals surface area contributed by atoms with Crippen molar-refractivity contribution in [1.82, 2.24) is 5.32 Å². The average molecular weight is 340 g/mol. The van der Waals surface area contributed by atoms with Gasteiger partial charge in [-0.15, -0.1) is 0 Å². The highest BCUT2D eigenvalue weighted by atomic mass is 16.2. The van der Waals surface area contributed by atoms with Crippen LogP contribution in [0.3, 0.4) is 0 Å². The Labute approximate surface area is 150 Å². The minimum Gasteiger partial charge on any atom is -0.348 e. The Hall–Kier alpha value is -2.36. The second kappa shape index (κ2) is 10.5. The van der Waals surface area contributed by atoms with Crippen LogP contribution in [0.2, 0.25) is 0 Å². The zero-order chi connectivity index (χ0) is 17.9. The number of anilines is 1. The van der Waals surface area contributed by atoms with E-state index < -0.39 is 11.8 Å². The van der Waals surface area contributed by atoms with E-state index in [1.165, 1.54) is 32.1 Å². The zero-order valence-corrected chi connectivity index (χ0v) is 15.0. The summed E-state index contributed by atoms with van der Waals surface area (Å²) < 4.78 is 0. The molecule has 2 amide bonds. The van der Waals surface area contributed by atoms with Crippen LogP contribution in [0.5, 0.6) is 0 Å². The molecule has 0 aromatic heterocycles. The van der Waals surface area contributed by atoms with E-state index in [4.69, 9.17) is 0 Å². The molecule has 0 atom stereocenters. The van der Waals surface area contributed by atoms with E-state index in [9.17, 15) is 9.59 Å². The second-order valence-electron chi connectivity index (χ2n) is 6.36. The molecular formula is C21H28N2O2. The Morgan fingerprint density at radius 2 is 1.48 bits per heavy atom. The summed E-state index contributed by atoms with van der Waals surface area (Å²) in [6, 6.07) is 13.4. The van der Waals surface area contributed by atoms with E-state index in [1.807, 2.05) is 42.5 Å². The fourth-order valence-corrected chi connectivity index (χ4v) is 2.88. The number of fused-ring (bicyclic) bond motifs is 1. The second-order valence-corrected chi connectivity index (χ2v) is 6.36. The molecule has 0 aliphatic carbocycles. The molecule has 2 aromatic carbocycles. The minimum atomic E-state index is -0.612. The lowest BCUT2D eigenvalue weighted by Crippen LogP contribution is -2.35. The molecule has 0 bridgehead atoms. The van der Waals surface area contributed by atoms with Crippen LogP contribution >= 0.6 is 0 Å². The number of hydrogen-bond donors (Lipinski definition) is 2. The Bertz CT molecular complexity index is 692. The molecule has 134 valence electrons. The Morgan fingerprint density at radius 3 is 2.28 bits per heavy atom. The lowest BCUT2D eigenvalue weighted by Gasteiger charge is -2.09. The largest absolute Gasteiger partial charge is 0.348 e. The van der Waals surface area contributed by atoms with Crippen LogP contribution in [0, 0.1) is 0 Å². The smallest absolute Gasteiger partial charge is 0.313 e. The zero-order valence-electron chi connectivity index (χ0n) is 15.0. The summed E-state index contributed by atoms with van der Waals surface area (Å²) in [7, 11) is 0. The molecule has 4 heteroatoms. The van der Waals surface area contributed by atoms with Gasteiger partial charge in [0, 0.05) is 17.6 Å². The molecule has 0 fully saturated rings. The maximum atomic E-state index is 12.1. The van der Waals surface area contributed by atoms with Gasteiger partial charge < -0.3 is 10.6 Å². The lowest BCUT2D eigenvalue weighted by atomic mass is 10.1. The average Bonchev–Trinajstić information content (AvgIpc) is 2.64. The maximum Gasteiger partial charge on any atom is 0.313 e. The lowest BCUT2D eigenvalue weighted by molar-refractivity contribution is -0.136. The van der Waals surface area contributed by atoms with Gasteiger partial charge in [0.25, 0.3) is 0 Å². The molecule has 25 heavy (non-hydrogen) atoms. The number of amides is 2. The third-order valence-electron chi connectivity index (χ3n) is 4.31. The molecule has 2 aromatic rings. The molecule has 2 rings (SSSR count). The van der Waals surface area contributed by atoms with E-state index in [1.54, 1.807) is 0 Å². The minimum absolute atomic E-state index is 0.551. The summed E-state index contributed by atoms with van der Waals surface area (Å²) in [5.41, 5.74) is 0.661. The van der Waals surface area contributed by atoms with Gasteiger partial charge in [-0.3, -0.25) is 9.59 Å². The molecule has 4 nitrogen and oxygen atoms in total. The third-order valence-corrected chi connectivity index (χ3v) is 4.31. The first kappa shape index (κ1) is 19.0. The summed E-state index contributed by atoms with van der Waals surface area (Å²) in [5, 5.41) is 7.37. The van der Waals surface area contributed by atoms with Crippen LogP contribution in [0.1, 0.15) is 51.9 Å². The highest BCUT2D eigenvalue weighted by Crippen LogP contribution is 2.22. The molecule has 0 saturated heterocycles. The van der Waals surface area contributed by atoms with Gasteiger partial charge in [0.1, 0.15) is 0 Å². The molecule has 0 radical (unpaired) electrons. The number of benzene rings is 2. The summed E-state index contributed by atoms with van der Waals surface area (Å²) in [6.45, 7) is 2.76. The van der Waals surface area contributed by atoms with Crippen molar-refractivity contribution in [3.8, 4) is 0 Å². The van der Waals surface area contributed by atoms with Gasteiger partial charge in [0.15, 0.2) is 0 Å². The van der Waals surface area contributed by atoms with E-state index >= 15 is 0 Å². The van der Waals surface area contributed by atoms with Crippen LogP contribution in [0.25, 0.3) is 10.8 Å². The number of carbonyl (C=O) groups excluding carboxylic acids is 2. The third kappa shape index (κ3) is 6.22. The van der Waals surface area contributed by atoms with Crippen molar-refractivity contribution in [2.24, 2.45) is 0 Å². The van der Waals surface area contributed by atoms with Crippen LogP contribution in [0.4, 0.5) is 5.69 Å². The van der Waals surface area contributed by atoms with Crippen molar-refractivity contribution in [2.75, 3.05) is 11.9 Å². The molecule has 0 saturated carbocycles. The maximum absolute atomic E-state index is 12.1. The van der Waals surface area contributed by atoms with Crippen molar-refractivity contribution >= 4 is 28.3 Å². The van der Waals surface area contributed by atoms with Crippen molar-refractivity contribution in [3.05, 3.63) is 42.5 Å².